The molecule has 154 valence electrons. The van der Waals surface area contributed by atoms with Gasteiger partial charge in [0.2, 0.25) is 0 Å². The van der Waals surface area contributed by atoms with Gasteiger partial charge >= 0.3 is 12.2 Å². The lowest BCUT2D eigenvalue weighted by Gasteiger charge is -2.13. The van der Waals surface area contributed by atoms with Crippen LogP contribution < -0.4 is 4.74 Å². The molecule has 0 saturated heterocycles. The molecule has 1 aromatic heterocycles. The Morgan fingerprint density at radius 2 is 1.93 bits per heavy atom. The van der Waals surface area contributed by atoms with Crippen LogP contribution in [0.3, 0.4) is 0 Å². The van der Waals surface area contributed by atoms with Gasteiger partial charge in [-0.3, -0.25) is 0 Å². The van der Waals surface area contributed by atoms with Crippen molar-refractivity contribution in [3.8, 4) is 11.8 Å². The Bertz CT molecular complexity index is 1120. The van der Waals surface area contributed by atoms with Crippen molar-refractivity contribution < 1.29 is 26.3 Å². The monoisotopic (exact) mass is 446 g/mol. The quantitative estimate of drug-likeness (QED) is 0.613. The van der Waals surface area contributed by atoms with Gasteiger partial charge in [0.1, 0.15) is 5.75 Å². The van der Waals surface area contributed by atoms with Crippen molar-refractivity contribution in [3.05, 3.63) is 58.1 Å². The fraction of sp³-hybridized carbons (Fsp3) is 0.235. The van der Waals surface area contributed by atoms with E-state index in [9.17, 15) is 21.6 Å². The number of tetrazole rings is 1. The summed E-state index contributed by atoms with van der Waals surface area (Å²) in [5, 5.41) is 12.6. The third kappa shape index (κ3) is 5.04. The number of benzene rings is 2. The summed E-state index contributed by atoms with van der Waals surface area (Å²) in [5.41, 5.74) is -0.201. The van der Waals surface area contributed by atoms with Gasteiger partial charge in [-0.25, -0.2) is 8.42 Å². The fourth-order valence-electron chi connectivity index (χ4n) is 2.54. The molecule has 1 N–H and O–H groups in total. The molecule has 3 rings (SSSR count). The third-order valence-electron chi connectivity index (χ3n) is 3.99. The summed E-state index contributed by atoms with van der Waals surface area (Å²) < 4.78 is 68.9. The second-order valence-electron chi connectivity index (χ2n) is 5.99. The molecule has 0 aliphatic heterocycles. The minimum atomic E-state index is -4.60. The van der Waals surface area contributed by atoms with Gasteiger partial charge < -0.3 is 4.74 Å². The minimum Gasteiger partial charge on any atom is -0.422 e. The van der Waals surface area contributed by atoms with Crippen LogP contribution in [-0.4, -0.2) is 34.8 Å². The zero-order valence-electron chi connectivity index (χ0n) is 14.9. The molecule has 0 aliphatic rings. The normalized spacial score (nSPS) is 12.2. The third-order valence-corrected chi connectivity index (χ3v) is 6.07. The predicted octanol–water partition coefficient (Wildman–Crippen LogP) is 4.05. The average Bonchev–Trinajstić information content (AvgIpc) is 3.15. The van der Waals surface area contributed by atoms with E-state index in [0.29, 0.717) is 5.56 Å². The van der Waals surface area contributed by atoms with E-state index in [1.807, 2.05) is 0 Å². The predicted molar refractivity (Wildman–Crippen MR) is 97.7 cm³/mol. The van der Waals surface area contributed by atoms with Gasteiger partial charge in [-0.05, 0) is 53.1 Å². The Morgan fingerprint density at radius 3 is 2.52 bits per heavy atom. The Hall–Kier alpha value is -2.66. The number of halogens is 4. The molecule has 0 saturated carbocycles. The molecule has 0 fully saturated rings. The van der Waals surface area contributed by atoms with Crippen molar-refractivity contribution in [1.29, 1.82) is 0 Å². The highest BCUT2D eigenvalue weighted by molar-refractivity contribution is 7.91. The van der Waals surface area contributed by atoms with Gasteiger partial charge in [0.05, 0.1) is 16.2 Å². The largest absolute Gasteiger partial charge is 0.422 e. The molecule has 0 amide bonds. The first kappa shape index (κ1) is 21.1. The van der Waals surface area contributed by atoms with Crippen LogP contribution in [0, 0.1) is 0 Å². The van der Waals surface area contributed by atoms with Crippen LogP contribution in [0.4, 0.5) is 13.2 Å². The topological polar surface area (TPSA) is 97.8 Å². The number of rotatable bonds is 6. The number of H-pyrrole nitrogens is 1. The SMILES string of the molecule is CCS(=O)(=O)c1ccc(Cc2cc(Oc3nn[nH]n3)cc(C(F)(F)F)c2)c(Cl)c1. The maximum Gasteiger partial charge on any atom is 0.416 e. The van der Waals surface area contributed by atoms with Crippen LogP contribution in [-0.2, 0) is 22.4 Å². The van der Waals surface area contributed by atoms with E-state index in [2.05, 4.69) is 20.6 Å². The van der Waals surface area contributed by atoms with Crippen molar-refractivity contribution in [3.63, 3.8) is 0 Å². The number of alkyl halides is 3. The molecule has 2 aromatic carbocycles. The Kier molecular flexibility index (Phi) is 5.80. The molecular weight excluding hydrogens is 433 g/mol. The van der Waals surface area contributed by atoms with Crippen LogP contribution in [0.1, 0.15) is 23.6 Å². The number of hydrogen-bond donors (Lipinski definition) is 1. The van der Waals surface area contributed by atoms with Crippen molar-refractivity contribution in [1.82, 2.24) is 20.6 Å². The molecule has 0 atom stereocenters. The van der Waals surface area contributed by atoms with E-state index >= 15 is 0 Å². The highest BCUT2D eigenvalue weighted by Crippen LogP contribution is 2.35. The lowest BCUT2D eigenvalue weighted by molar-refractivity contribution is -0.137. The molecule has 7 nitrogen and oxygen atoms in total. The summed E-state index contributed by atoms with van der Waals surface area (Å²) in [4.78, 5) is 0.0546. The van der Waals surface area contributed by atoms with Crippen molar-refractivity contribution in [2.45, 2.75) is 24.4 Å². The number of hydrogen-bond acceptors (Lipinski definition) is 6. The summed E-state index contributed by atoms with van der Waals surface area (Å²) in [6.45, 7) is 1.51. The molecule has 1 heterocycles. The lowest BCUT2D eigenvalue weighted by Crippen LogP contribution is -2.07. The van der Waals surface area contributed by atoms with E-state index < -0.39 is 21.6 Å². The van der Waals surface area contributed by atoms with E-state index in [1.165, 1.54) is 31.2 Å². The summed E-state index contributed by atoms with van der Waals surface area (Å²) in [6.07, 6.45) is -4.58. The van der Waals surface area contributed by atoms with Crippen LogP contribution in [0.2, 0.25) is 5.02 Å². The van der Waals surface area contributed by atoms with E-state index in [4.69, 9.17) is 16.3 Å². The number of nitrogens with one attached hydrogen (secondary N) is 1. The maximum atomic E-state index is 13.3. The first-order chi connectivity index (χ1) is 13.6. The number of nitrogens with zero attached hydrogens (tertiary/aromatic N) is 3. The summed E-state index contributed by atoms with van der Waals surface area (Å²) in [5.74, 6) is -0.217. The number of aromatic amines is 1. The van der Waals surface area contributed by atoms with Crippen LogP contribution >= 0.6 is 11.6 Å². The van der Waals surface area contributed by atoms with E-state index in [-0.39, 0.29) is 39.4 Å². The van der Waals surface area contributed by atoms with E-state index in [0.717, 1.165) is 12.1 Å². The van der Waals surface area contributed by atoms with Gasteiger partial charge in [-0.15, -0.1) is 0 Å². The maximum absolute atomic E-state index is 13.3. The van der Waals surface area contributed by atoms with Gasteiger partial charge in [0, 0.05) is 5.02 Å². The molecule has 0 aliphatic carbocycles. The van der Waals surface area contributed by atoms with Crippen LogP contribution in [0.25, 0.3) is 0 Å². The molecule has 29 heavy (non-hydrogen) atoms. The summed E-state index contributed by atoms with van der Waals surface area (Å²) in [6, 6.07) is 7.09. The highest BCUT2D eigenvalue weighted by Gasteiger charge is 2.31. The van der Waals surface area contributed by atoms with Gasteiger partial charge in [0.25, 0.3) is 0 Å². The lowest BCUT2D eigenvalue weighted by atomic mass is 10.0. The fourth-order valence-corrected chi connectivity index (χ4v) is 3.76. The first-order valence-electron chi connectivity index (χ1n) is 8.22. The molecule has 0 spiro atoms. The molecule has 3 aromatic rings. The van der Waals surface area contributed by atoms with E-state index in [1.54, 1.807) is 0 Å². The molecule has 0 unspecified atom stereocenters. The van der Waals surface area contributed by atoms with Gasteiger partial charge in [-0.1, -0.05) is 34.8 Å². The van der Waals surface area contributed by atoms with Crippen molar-refractivity contribution in [2.75, 3.05) is 5.75 Å². The molecule has 0 radical (unpaired) electrons. The minimum absolute atomic E-state index is 0.0256. The van der Waals surface area contributed by atoms with Gasteiger partial charge in [-0.2, -0.15) is 18.4 Å². The second-order valence-corrected chi connectivity index (χ2v) is 8.68. The average molecular weight is 447 g/mol. The summed E-state index contributed by atoms with van der Waals surface area (Å²) >= 11 is 6.18. The second kappa shape index (κ2) is 7.99. The Morgan fingerprint density at radius 1 is 1.17 bits per heavy atom. The number of sulfone groups is 1. The van der Waals surface area contributed by atoms with Crippen LogP contribution in [0.5, 0.6) is 11.8 Å². The summed E-state index contributed by atoms with van der Waals surface area (Å²) in [7, 11) is -3.45. The Labute approximate surface area is 168 Å². The van der Waals surface area contributed by atoms with Gasteiger partial charge in [0.15, 0.2) is 9.84 Å². The van der Waals surface area contributed by atoms with Crippen molar-refractivity contribution in [2.24, 2.45) is 0 Å². The number of ether oxygens (including phenoxy) is 1. The van der Waals surface area contributed by atoms with Crippen molar-refractivity contribution >= 4 is 21.4 Å². The number of aromatic nitrogens is 4. The molecular formula is C17H14ClF3N4O3S. The molecule has 12 heteroatoms. The smallest absolute Gasteiger partial charge is 0.416 e. The standard InChI is InChI=1S/C17H14ClF3N4O3S/c1-2-29(26,27)14-4-3-11(15(18)9-14)5-10-6-12(17(19,20)21)8-13(7-10)28-16-22-24-25-23-16/h3-4,6-9H,2,5H2,1H3,(H,22,23,24,25). The highest BCUT2D eigenvalue weighted by atomic mass is 35.5. The zero-order chi connectivity index (χ0) is 21.2. The Balaban J connectivity index is 1.96. The van der Waals surface area contributed by atoms with Crippen LogP contribution in [0.15, 0.2) is 41.3 Å². The zero-order valence-corrected chi connectivity index (χ0v) is 16.4. The molecule has 0 bridgehead atoms. The first-order valence-corrected chi connectivity index (χ1v) is 10.2.